The number of nitrogens with one attached hydrogen (secondary N) is 1. The summed E-state index contributed by atoms with van der Waals surface area (Å²) in [7, 11) is 0. The van der Waals surface area contributed by atoms with Gasteiger partial charge < -0.3 is 0 Å². The number of halogens is 1. The molecule has 2 aromatic rings. The lowest BCUT2D eigenvalue weighted by Gasteiger charge is -2.12. The van der Waals surface area contributed by atoms with Gasteiger partial charge in [0.2, 0.25) is 0 Å². The van der Waals surface area contributed by atoms with Gasteiger partial charge in [-0.25, -0.2) is 9.97 Å². The van der Waals surface area contributed by atoms with E-state index in [4.69, 9.17) is 11.6 Å². The van der Waals surface area contributed by atoms with Crippen LogP contribution in [0.3, 0.4) is 0 Å². The number of fused-ring (bicyclic) bond motifs is 1. The molecule has 0 atom stereocenters. The van der Waals surface area contributed by atoms with Gasteiger partial charge >= 0.3 is 0 Å². The van der Waals surface area contributed by atoms with E-state index in [1.807, 2.05) is 0 Å². The van der Waals surface area contributed by atoms with E-state index in [9.17, 15) is 0 Å². The molecule has 5 heteroatoms. The first-order valence-electron chi connectivity index (χ1n) is 6.21. The zero-order chi connectivity index (χ0) is 11.7. The third-order valence-electron chi connectivity index (χ3n) is 3.49. The number of aromatic nitrogens is 4. The summed E-state index contributed by atoms with van der Waals surface area (Å²) in [4.78, 5) is 8.99. The average molecular weight is 251 g/mol. The van der Waals surface area contributed by atoms with Gasteiger partial charge in [-0.3, -0.25) is 5.10 Å². The monoisotopic (exact) mass is 250 g/mol. The van der Waals surface area contributed by atoms with Crippen molar-refractivity contribution in [2.24, 2.45) is 0 Å². The Labute approximate surface area is 105 Å². The Hall–Kier alpha value is -1.16. The van der Waals surface area contributed by atoms with Crippen molar-refractivity contribution in [3.8, 4) is 0 Å². The molecule has 90 valence electrons. The van der Waals surface area contributed by atoms with Crippen molar-refractivity contribution >= 4 is 22.6 Å². The van der Waals surface area contributed by atoms with Gasteiger partial charge in [-0.15, -0.1) is 0 Å². The molecule has 2 aromatic heterocycles. The van der Waals surface area contributed by atoms with Gasteiger partial charge in [-0.2, -0.15) is 5.10 Å². The van der Waals surface area contributed by atoms with Crippen LogP contribution in [-0.2, 0) is 0 Å². The van der Waals surface area contributed by atoms with Gasteiger partial charge in [0.05, 0.1) is 6.20 Å². The minimum absolute atomic E-state index is 0.467. The fourth-order valence-electron chi connectivity index (χ4n) is 2.54. The van der Waals surface area contributed by atoms with Crippen molar-refractivity contribution in [3.63, 3.8) is 0 Å². The van der Waals surface area contributed by atoms with Crippen molar-refractivity contribution in [2.45, 2.75) is 44.4 Å². The number of nitrogens with zero attached hydrogens (tertiary/aromatic N) is 3. The molecule has 4 nitrogen and oxygen atoms in total. The lowest BCUT2D eigenvalue weighted by molar-refractivity contribution is 0.563. The summed E-state index contributed by atoms with van der Waals surface area (Å²) < 4.78 is 0. The minimum Gasteiger partial charge on any atom is -0.273 e. The molecule has 1 aliphatic carbocycles. The molecule has 3 rings (SSSR count). The van der Waals surface area contributed by atoms with Crippen LogP contribution in [0.1, 0.15) is 50.3 Å². The van der Waals surface area contributed by atoms with Crippen molar-refractivity contribution < 1.29 is 0 Å². The van der Waals surface area contributed by atoms with Gasteiger partial charge in [0.25, 0.3) is 0 Å². The van der Waals surface area contributed by atoms with Crippen LogP contribution in [0.4, 0.5) is 0 Å². The molecule has 0 unspecified atom stereocenters. The van der Waals surface area contributed by atoms with Crippen LogP contribution < -0.4 is 0 Å². The van der Waals surface area contributed by atoms with Crippen LogP contribution >= 0.6 is 11.6 Å². The Bertz CT molecular complexity index is 514. The van der Waals surface area contributed by atoms with E-state index in [1.54, 1.807) is 6.20 Å². The second-order valence-corrected chi connectivity index (χ2v) is 5.05. The van der Waals surface area contributed by atoms with Crippen LogP contribution in [0.2, 0.25) is 5.15 Å². The molecule has 1 aliphatic rings. The number of rotatable bonds is 1. The van der Waals surface area contributed by atoms with Crippen molar-refractivity contribution in [3.05, 3.63) is 17.2 Å². The lowest BCUT2D eigenvalue weighted by atomic mass is 9.99. The quantitative estimate of drug-likeness (QED) is 0.623. The summed E-state index contributed by atoms with van der Waals surface area (Å²) >= 11 is 6.14. The first kappa shape index (κ1) is 11.0. The Balaban J connectivity index is 1.98. The van der Waals surface area contributed by atoms with Crippen molar-refractivity contribution in [1.29, 1.82) is 0 Å². The van der Waals surface area contributed by atoms with E-state index in [0.29, 0.717) is 11.1 Å². The molecular weight excluding hydrogens is 236 g/mol. The Kier molecular flexibility index (Phi) is 2.97. The number of hydrogen-bond acceptors (Lipinski definition) is 3. The Morgan fingerprint density at radius 1 is 1.12 bits per heavy atom. The lowest BCUT2D eigenvalue weighted by Crippen LogP contribution is -2.04. The SMILES string of the molecule is Clc1nc(C2CCCCCC2)nc2cn[nH]c12. The molecule has 0 bridgehead atoms. The summed E-state index contributed by atoms with van der Waals surface area (Å²) in [6.45, 7) is 0. The predicted molar refractivity (Wildman–Crippen MR) is 67.1 cm³/mol. The maximum absolute atomic E-state index is 6.14. The van der Waals surface area contributed by atoms with Crippen LogP contribution in [0.15, 0.2) is 6.20 Å². The highest BCUT2D eigenvalue weighted by atomic mass is 35.5. The van der Waals surface area contributed by atoms with Gasteiger partial charge in [-0.05, 0) is 12.8 Å². The third-order valence-corrected chi connectivity index (χ3v) is 3.77. The fraction of sp³-hybridized carbons (Fsp3) is 0.583. The first-order chi connectivity index (χ1) is 8.34. The molecule has 0 radical (unpaired) electrons. The molecule has 0 aromatic carbocycles. The van der Waals surface area contributed by atoms with Crippen LogP contribution in [0.25, 0.3) is 11.0 Å². The van der Waals surface area contributed by atoms with Gasteiger partial charge in [0.1, 0.15) is 16.9 Å². The Morgan fingerprint density at radius 3 is 2.65 bits per heavy atom. The maximum Gasteiger partial charge on any atom is 0.158 e. The second kappa shape index (κ2) is 4.61. The zero-order valence-corrected chi connectivity index (χ0v) is 10.4. The number of H-pyrrole nitrogens is 1. The van der Waals surface area contributed by atoms with E-state index in [-0.39, 0.29) is 0 Å². The van der Waals surface area contributed by atoms with E-state index >= 15 is 0 Å². The molecule has 2 heterocycles. The molecular formula is C12H15ClN4. The van der Waals surface area contributed by atoms with Gasteiger partial charge in [-0.1, -0.05) is 37.3 Å². The molecule has 0 amide bonds. The van der Waals surface area contributed by atoms with Crippen LogP contribution in [0.5, 0.6) is 0 Å². The third kappa shape index (κ3) is 2.14. The van der Waals surface area contributed by atoms with Gasteiger partial charge in [0.15, 0.2) is 5.15 Å². The molecule has 17 heavy (non-hydrogen) atoms. The predicted octanol–water partition coefficient (Wildman–Crippen LogP) is 3.44. The summed E-state index contributed by atoms with van der Waals surface area (Å²) in [6, 6.07) is 0. The standard InChI is InChI=1S/C12H15ClN4/c13-11-10-9(7-14-17-10)15-12(16-11)8-5-3-1-2-4-6-8/h7-8H,1-6H2,(H,14,17). The molecule has 1 saturated carbocycles. The van der Waals surface area contributed by atoms with E-state index in [2.05, 4.69) is 20.2 Å². The molecule has 0 aliphatic heterocycles. The summed E-state index contributed by atoms with van der Waals surface area (Å²) in [5.74, 6) is 1.36. The Morgan fingerprint density at radius 2 is 1.88 bits per heavy atom. The summed E-state index contributed by atoms with van der Waals surface area (Å²) in [6.07, 6.45) is 9.28. The van der Waals surface area contributed by atoms with E-state index in [1.165, 1.54) is 38.5 Å². The second-order valence-electron chi connectivity index (χ2n) is 4.69. The van der Waals surface area contributed by atoms with Crippen molar-refractivity contribution in [1.82, 2.24) is 20.2 Å². The maximum atomic E-state index is 6.14. The molecule has 1 N–H and O–H groups in total. The topological polar surface area (TPSA) is 54.5 Å². The normalized spacial score (nSPS) is 18.4. The molecule has 1 fully saturated rings. The molecule has 0 spiro atoms. The largest absolute Gasteiger partial charge is 0.273 e. The number of hydrogen-bond donors (Lipinski definition) is 1. The van der Waals surface area contributed by atoms with Crippen LogP contribution in [0, 0.1) is 0 Å². The molecule has 0 saturated heterocycles. The summed E-state index contributed by atoms with van der Waals surface area (Å²) in [5, 5.41) is 7.27. The summed E-state index contributed by atoms with van der Waals surface area (Å²) in [5.41, 5.74) is 1.56. The van der Waals surface area contributed by atoms with E-state index in [0.717, 1.165) is 16.9 Å². The fourth-order valence-corrected chi connectivity index (χ4v) is 2.77. The van der Waals surface area contributed by atoms with Crippen LogP contribution in [-0.4, -0.2) is 20.2 Å². The average Bonchev–Trinajstić information content (AvgIpc) is 2.63. The first-order valence-corrected chi connectivity index (χ1v) is 6.59. The minimum atomic E-state index is 0.467. The van der Waals surface area contributed by atoms with Crippen molar-refractivity contribution in [2.75, 3.05) is 0 Å². The zero-order valence-electron chi connectivity index (χ0n) is 9.62. The van der Waals surface area contributed by atoms with E-state index < -0.39 is 0 Å². The van der Waals surface area contributed by atoms with Gasteiger partial charge in [0, 0.05) is 5.92 Å². The smallest absolute Gasteiger partial charge is 0.158 e. The highest BCUT2D eigenvalue weighted by molar-refractivity contribution is 6.33. The highest BCUT2D eigenvalue weighted by Crippen LogP contribution is 2.31. The number of aromatic amines is 1. The highest BCUT2D eigenvalue weighted by Gasteiger charge is 2.19.